The zero-order chi connectivity index (χ0) is 19.4. The Hall–Kier alpha value is -2.35. The van der Waals surface area contributed by atoms with Crippen LogP contribution in [0.4, 0.5) is 0 Å². The number of carbonyl (C=O) groups excluding carboxylic acids is 1. The third-order valence-corrected chi connectivity index (χ3v) is 4.22. The summed E-state index contributed by atoms with van der Waals surface area (Å²) in [6.45, 7) is 13.9. The van der Waals surface area contributed by atoms with E-state index in [0.29, 0.717) is 18.8 Å². The van der Waals surface area contributed by atoms with Gasteiger partial charge in [0.25, 0.3) is 0 Å². The van der Waals surface area contributed by atoms with Crippen molar-refractivity contribution in [2.45, 2.75) is 52.0 Å². The molecule has 1 aromatic carbocycles. The summed E-state index contributed by atoms with van der Waals surface area (Å²) < 4.78 is 0. The lowest BCUT2D eigenvalue weighted by molar-refractivity contribution is -0.122. The number of carbonyl (C=O) groups is 1. The van der Waals surface area contributed by atoms with Crippen LogP contribution in [0.1, 0.15) is 45.6 Å². The number of benzene rings is 1. The maximum atomic E-state index is 12.3. The van der Waals surface area contributed by atoms with Gasteiger partial charge in [-0.15, -0.1) is 0 Å². The van der Waals surface area contributed by atoms with E-state index in [4.69, 9.17) is 0 Å². The summed E-state index contributed by atoms with van der Waals surface area (Å²) in [5.74, 6) is 0.586. The predicted molar refractivity (Wildman–Crippen MR) is 113 cm³/mol. The van der Waals surface area contributed by atoms with E-state index in [2.05, 4.69) is 63.5 Å². The molecule has 2 heteroatoms. The van der Waals surface area contributed by atoms with Gasteiger partial charge in [-0.1, -0.05) is 80.8 Å². The first kappa shape index (κ1) is 21.7. The molecule has 0 spiro atoms. The summed E-state index contributed by atoms with van der Waals surface area (Å²) in [4.78, 5) is 12.3. The van der Waals surface area contributed by atoms with Crippen molar-refractivity contribution in [1.82, 2.24) is 5.32 Å². The zero-order valence-corrected chi connectivity index (χ0v) is 16.5. The van der Waals surface area contributed by atoms with Crippen LogP contribution in [0.2, 0.25) is 0 Å². The Kier molecular flexibility index (Phi) is 9.43. The van der Waals surface area contributed by atoms with E-state index < -0.39 is 0 Å². The highest BCUT2D eigenvalue weighted by Gasteiger charge is 2.23. The van der Waals surface area contributed by atoms with Crippen LogP contribution in [0.25, 0.3) is 0 Å². The summed E-state index contributed by atoms with van der Waals surface area (Å²) >= 11 is 0. The van der Waals surface area contributed by atoms with Crippen molar-refractivity contribution in [2.75, 3.05) is 0 Å². The Balaban J connectivity index is 2.47. The molecule has 140 valence electrons. The lowest BCUT2D eigenvalue weighted by Gasteiger charge is -2.29. The predicted octanol–water partition coefficient (Wildman–Crippen LogP) is 5.78. The lowest BCUT2D eigenvalue weighted by Crippen LogP contribution is -2.44. The molecule has 1 amide bonds. The molecule has 1 atom stereocenters. The molecule has 0 bridgehead atoms. The molecule has 0 heterocycles. The smallest absolute Gasteiger partial charge is 0.220 e. The van der Waals surface area contributed by atoms with Crippen molar-refractivity contribution in [3.63, 3.8) is 0 Å². The summed E-state index contributed by atoms with van der Waals surface area (Å²) in [6, 6.07) is 10.5. The summed E-state index contributed by atoms with van der Waals surface area (Å²) in [6.07, 6.45) is 12.4. The molecule has 1 aromatic rings. The van der Waals surface area contributed by atoms with Crippen LogP contribution in [0.5, 0.6) is 0 Å². The van der Waals surface area contributed by atoms with E-state index in [1.807, 2.05) is 24.3 Å². The topological polar surface area (TPSA) is 29.1 Å². The molecule has 0 saturated carbocycles. The van der Waals surface area contributed by atoms with Gasteiger partial charge in [-0.05, 0) is 50.2 Å². The average molecular weight is 352 g/mol. The molecule has 0 aliphatic heterocycles. The highest BCUT2D eigenvalue weighted by molar-refractivity contribution is 5.77. The average Bonchev–Trinajstić information content (AvgIpc) is 2.57. The Morgan fingerprint density at radius 2 is 1.85 bits per heavy atom. The van der Waals surface area contributed by atoms with Gasteiger partial charge in [-0.2, -0.15) is 0 Å². The SMILES string of the molecule is C=C/C=C\C=C(/C=C)CCC(=O)NC(C)(C)CC(C)Cc1ccccc1. The van der Waals surface area contributed by atoms with Crippen LogP contribution in [0.3, 0.4) is 0 Å². The van der Waals surface area contributed by atoms with E-state index in [0.717, 1.165) is 18.4 Å². The molecular formula is C24H33NO. The quantitative estimate of drug-likeness (QED) is 0.503. The first-order chi connectivity index (χ1) is 12.4. The minimum Gasteiger partial charge on any atom is -0.351 e. The Morgan fingerprint density at radius 1 is 1.15 bits per heavy atom. The highest BCUT2D eigenvalue weighted by Crippen LogP contribution is 2.20. The van der Waals surface area contributed by atoms with Crippen LogP contribution in [0.15, 0.2) is 79.4 Å². The van der Waals surface area contributed by atoms with Gasteiger partial charge in [-0.3, -0.25) is 4.79 Å². The molecule has 0 aliphatic rings. The third kappa shape index (κ3) is 9.22. The molecule has 1 unspecified atom stereocenters. The molecular weight excluding hydrogens is 318 g/mol. The number of allylic oxidation sites excluding steroid dienone is 6. The Labute approximate surface area is 159 Å². The lowest BCUT2D eigenvalue weighted by atomic mass is 9.87. The van der Waals surface area contributed by atoms with Gasteiger partial charge in [0.05, 0.1) is 0 Å². The van der Waals surface area contributed by atoms with Gasteiger partial charge in [0.1, 0.15) is 0 Å². The monoisotopic (exact) mass is 351 g/mol. The van der Waals surface area contributed by atoms with Crippen LogP contribution in [-0.2, 0) is 11.2 Å². The molecule has 0 radical (unpaired) electrons. The second-order valence-corrected chi connectivity index (χ2v) is 7.50. The molecule has 0 fully saturated rings. The number of amides is 1. The van der Waals surface area contributed by atoms with E-state index in [-0.39, 0.29) is 11.4 Å². The largest absolute Gasteiger partial charge is 0.351 e. The summed E-state index contributed by atoms with van der Waals surface area (Å²) in [7, 11) is 0. The molecule has 0 saturated heterocycles. The number of rotatable bonds is 11. The van der Waals surface area contributed by atoms with E-state index in [1.54, 1.807) is 12.2 Å². The van der Waals surface area contributed by atoms with Crippen LogP contribution < -0.4 is 5.32 Å². The van der Waals surface area contributed by atoms with Gasteiger partial charge in [0.2, 0.25) is 5.91 Å². The van der Waals surface area contributed by atoms with E-state index in [1.165, 1.54) is 5.56 Å². The van der Waals surface area contributed by atoms with Crippen molar-refractivity contribution in [3.05, 3.63) is 85.0 Å². The normalized spacial score (nSPS) is 13.4. The van der Waals surface area contributed by atoms with Gasteiger partial charge in [0.15, 0.2) is 0 Å². The molecule has 0 aliphatic carbocycles. The van der Waals surface area contributed by atoms with Gasteiger partial charge in [-0.25, -0.2) is 0 Å². The van der Waals surface area contributed by atoms with Gasteiger partial charge >= 0.3 is 0 Å². The highest BCUT2D eigenvalue weighted by atomic mass is 16.1. The van der Waals surface area contributed by atoms with Gasteiger partial charge < -0.3 is 5.32 Å². The van der Waals surface area contributed by atoms with Gasteiger partial charge in [0, 0.05) is 12.0 Å². The molecule has 0 aromatic heterocycles. The second kappa shape index (κ2) is 11.3. The minimum atomic E-state index is -0.216. The molecule has 1 N–H and O–H groups in total. The first-order valence-corrected chi connectivity index (χ1v) is 9.32. The van der Waals surface area contributed by atoms with Crippen molar-refractivity contribution < 1.29 is 4.79 Å². The van der Waals surface area contributed by atoms with Crippen molar-refractivity contribution in [2.24, 2.45) is 5.92 Å². The summed E-state index contributed by atoms with van der Waals surface area (Å²) in [5, 5.41) is 3.19. The van der Waals surface area contributed by atoms with Crippen molar-refractivity contribution >= 4 is 5.91 Å². The molecule has 1 rings (SSSR count). The molecule has 2 nitrogen and oxygen atoms in total. The fraction of sp³-hybridized carbons (Fsp3) is 0.375. The Morgan fingerprint density at radius 3 is 2.46 bits per heavy atom. The van der Waals surface area contributed by atoms with Crippen LogP contribution in [0, 0.1) is 5.92 Å². The fourth-order valence-electron chi connectivity index (χ4n) is 3.22. The number of nitrogens with one attached hydrogen (secondary N) is 1. The standard InChI is InChI=1S/C24H33NO/c1-6-8-10-13-21(7-2)16-17-23(26)25-24(4,5)19-20(3)18-22-14-11-9-12-15-22/h6-15,20H,1-2,16-19H2,3-5H3,(H,25,26)/b10-8-,21-13+. The van der Waals surface area contributed by atoms with Crippen molar-refractivity contribution in [3.8, 4) is 0 Å². The maximum absolute atomic E-state index is 12.3. The maximum Gasteiger partial charge on any atom is 0.220 e. The second-order valence-electron chi connectivity index (χ2n) is 7.50. The van der Waals surface area contributed by atoms with E-state index >= 15 is 0 Å². The first-order valence-electron chi connectivity index (χ1n) is 9.32. The van der Waals surface area contributed by atoms with Crippen molar-refractivity contribution in [1.29, 1.82) is 0 Å². The Bertz CT molecular complexity index is 637. The minimum absolute atomic E-state index is 0.0855. The van der Waals surface area contributed by atoms with E-state index in [9.17, 15) is 4.79 Å². The zero-order valence-electron chi connectivity index (χ0n) is 16.5. The third-order valence-electron chi connectivity index (χ3n) is 4.22. The number of hydrogen-bond donors (Lipinski definition) is 1. The van der Waals surface area contributed by atoms with Crippen LogP contribution >= 0.6 is 0 Å². The summed E-state index contributed by atoms with van der Waals surface area (Å²) in [5.41, 5.74) is 2.18. The fourth-order valence-corrected chi connectivity index (χ4v) is 3.22. The number of hydrogen-bond acceptors (Lipinski definition) is 1. The van der Waals surface area contributed by atoms with Crippen LogP contribution in [-0.4, -0.2) is 11.4 Å². The molecule has 26 heavy (non-hydrogen) atoms.